The van der Waals surface area contributed by atoms with Crippen molar-refractivity contribution in [3.8, 4) is 0 Å². The number of sulfone groups is 1. The van der Waals surface area contributed by atoms with Gasteiger partial charge in [-0.3, -0.25) is 0 Å². The molecule has 0 radical (unpaired) electrons. The summed E-state index contributed by atoms with van der Waals surface area (Å²) < 4.78 is 25.5. The van der Waals surface area contributed by atoms with Gasteiger partial charge < -0.3 is 5.32 Å². The van der Waals surface area contributed by atoms with Crippen LogP contribution in [0.4, 0.5) is 0 Å². The number of nitrogens with one attached hydrogen (secondary N) is 1. The van der Waals surface area contributed by atoms with Crippen molar-refractivity contribution in [3.05, 3.63) is 0 Å². The Morgan fingerprint density at radius 2 is 1.79 bits per heavy atom. The Hall–Kier alpha value is -0.0900. The molecular formula is C15H29NO2S. The first-order valence-corrected chi connectivity index (χ1v) is 9.69. The van der Waals surface area contributed by atoms with Gasteiger partial charge in [-0.2, -0.15) is 0 Å². The predicted octanol–water partition coefficient (Wildman–Crippen LogP) is 2.76. The molecule has 2 aliphatic rings. The highest BCUT2D eigenvalue weighted by Gasteiger charge is 2.38. The number of rotatable bonds is 5. The molecule has 0 aromatic rings. The molecule has 0 aliphatic heterocycles. The Kier molecular flexibility index (Phi) is 5.29. The van der Waals surface area contributed by atoms with Gasteiger partial charge in [-0.1, -0.05) is 26.7 Å². The molecule has 112 valence electrons. The molecule has 0 aromatic heterocycles. The van der Waals surface area contributed by atoms with Crippen molar-refractivity contribution in [2.75, 3.05) is 12.3 Å². The van der Waals surface area contributed by atoms with Crippen LogP contribution in [0.25, 0.3) is 0 Å². The van der Waals surface area contributed by atoms with Crippen LogP contribution in [-0.4, -0.2) is 32.0 Å². The van der Waals surface area contributed by atoms with E-state index < -0.39 is 9.84 Å². The Morgan fingerprint density at radius 3 is 2.42 bits per heavy atom. The lowest BCUT2D eigenvalue weighted by Crippen LogP contribution is -2.49. The van der Waals surface area contributed by atoms with E-state index in [9.17, 15) is 8.42 Å². The molecule has 0 saturated heterocycles. The van der Waals surface area contributed by atoms with Gasteiger partial charge in [-0.05, 0) is 50.5 Å². The molecule has 3 unspecified atom stereocenters. The summed E-state index contributed by atoms with van der Waals surface area (Å²) in [5, 5.41) is 3.27. The molecule has 2 saturated carbocycles. The summed E-state index contributed by atoms with van der Waals surface area (Å²) in [6.07, 6.45) is 7.71. The molecule has 3 atom stereocenters. The Balaban J connectivity index is 2.05. The van der Waals surface area contributed by atoms with Crippen LogP contribution >= 0.6 is 0 Å². The van der Waals surface area contributed by atoms with Crippen LogP contribution in [0.2, 0.25) is 0 Å². The van der Waals surface area contributed by atoms with Gasteiger partial charge in [0.1, 0.15) is 0 Å². The highest BCUT2D eigenvalue weighted by Crippen LogP contribution is 2.33. The normalized spacial score (nSPS) is 33.7. The lowest BCUT2D eigenvalue weighted by Gasteiger charge is -2.35. The highest BCUT2D eigenvalue weighted by atomic mass is 32.2. The molecule has 19 heavy (non-hydrogen) atoms. The summed E-state index contributed by atoms with van der Waals surface area (Å²) in [4.78, 5) is 0. The summed E-state index contributed by atoms with van der Waals surface area (Å²) in [6, 6.07) is 0.188. The third-order valence-electron chi connectivity index (χ3n) is 4.92. The van der Waals surface area contributed by atoms with E-state index in [2.05, 4.69) is 19.2 Å². The third-order valence-corrected chi connectivity index (χ3v) is 7.30. The van der Waals surface area contributed by atoms with E-state index in [-0.39, 0.29) is 11.3 Å². The van der Waals surface area contributed by atoms with E-state index >= 15 is 0 Å². The average molecular weight is 287 g/mol. The van der Waals surface area contributed by atoms with E-state index in [1.54, 1.807) is 0 Å². The van der Waals surface area contributed by atoms with Crippen molar-refractivity contribution in [1.82, 2.24) is 5.32 Å². The second kappa shape index (κ2) is 6.57. The van der Waals surface area contributed by atoms with E-state index in [0.29, 0.717) is 17.6 Å². The first-order chi connectivity index (χ1) is 9.03. The van der Waals surface area contributed by atoms with E-state index in [4.69, 9.17) is 0 Å². The summed E-state index contributed by atoms with van der Waals surface area (Å²) >= 11 is 0. The van der Waals surface area contributed by atoms with E-state index in [1.165, 1.54) is 12.8 Å². The van der Waals surface area contributed by atoms with E-state index in [0.717, 1.165) is 38.6 Å². The maximum atomic E-state index is 12.7. The van der Waals surface area contributed by atoms with Crippen LogP contribution in [0.1, 0.15) is 58.8 Å². The second-order valence-corrected chi connectivity index (χ2v) is 8.87. The molecule has 1 N–H and O–H groups in total. The molecule has 0 heterocycles. The quantitative estimate of drug-likeness (QED) is 0.845. The lowest BCUT2D eigenvalue weighted by atomic mass is 9.87. The van der Waals surface area contributed by atoms with Crippen molar-refractivity contribution in [2.24, 2.45) is 11.8 Å². The molecule has 2 fully saturated rings. The van der Waals surface area contributed by atoms with Crippen molar-refractivity contribution in [3.63, 3.8) is 0 Å². The fourth-order valence-electron chi connectivity index (χ4n) is 3.85. The maximum Gasteiger partial charge on any atom is 0.154 e. The van der Waals surface area contributed by atoms with Gasteiger partial charge in [0.25, 0.3) is 0 Å². The van der Waals surface area contributed by atoms with Crippen molar-refractivity contribution in [1.29, 1.82) is 0 Å². The van der Waals surface area contributed by atoms with E-state index in [1.807, 2.05) is 0 Å². The average Bonchev–Trinajstić information content (AvgIpc) is 2.83. The third kappa shape index (κ3) is 3.94. The van der Waals surface area contributed by atoms with Gasteiger partial charge in [-0.25, -0.2) is 8.42 Å². The molecule has 0 spiro atoms. The predicted molar refractivity (Wildman–Crippen MR) is 80.0 cm³/mol. The lowest BCUT2D eigenvalue weighted by molar-refractivity contribution is 0.310. The van der Waals surface area contributed by atoms with Crippen LogP contribution in [0.3, 0.4) is 0 Å². The molecule has 3 nitrogen and oxygen atoms in total. The zero-order chi connectivity index (χ0) is 13.9. The molecule has 4 heteroatoms. The van der Waals surface area contributed by atoms with Crippen LogP contribution in [-0.2, 0) is 9.84 Å². The zero-order valence-electron chi connectivity index (χ0n) is 12.4. The zero-order valence-corrected chi connectivity index (χ0v) is 13.2. The van der Waals surface area contributed by atoms with Crippen LogP contribution in [0.5, 0.6) is 0 Å². The maximum absolute atomic E-state index is 12.7. The molecule has 2 aliphatic carbocycles. The monoisotopic (exact) mass is 287 g/mol. The first-order valence-electron chi connectivity index (χ1n) is 7.98. The van der Waals surface area contributed by atoms with Crippen LogP contribution in [0.15, 0.2) is 0 Å². The standard InChI is InChI=1S/C15H29NO2S/c1-3-16-14-9-8-12(2)10-15(14)19(17,18)11-13-6-4-5-7-13/h12-16H,3-11H2,1-2H3. The van der Waals surface area contributed by atoms with Gasteiger partial charge in [0, 0.05) is 6.04 Å². The fourth-order valence-corrected chi connectivity index (χ4v) is 6.44. The number of hydrogen-bond acceptors (Lipinski definition) is 3. The fraction of sp³-hybridized carbons (Fsp3) is 1.00. The largest absolute Gasteiger partial charge is 0.313 e. The molecule has 2 rings (SSSR count). The van der Waals surface area contributed by atoms with Gasteiger partial charge in [0.2, 0.25) is 0 Å². The minimum Gasteiger partial charge on any atom is -0.313 e. The Morgan fingerprint density at radius 1 is 1.11 bits per heavy atom. The first kappa shape index (κ1) is 15.3. The molecular weight excluding hydrogens is 258 g/mol. The van der Waals surface area contributed by atoms with Crippen molar-refractivity contribution < 1.29 is 8.42 Å². The van der Waals surface area contributed by atoms with Gasteiger partial charge in [0.05, 0.1) is 11.0 Å². The Bertz CT molecular complexity index is 374. The topological polar surface area (TPSA) is 46.2 Å². The molecule has 0 amide bonds. The van der Waals surface area contributed by atoms with Gasteiger partial charge in [0.15, 0.2) is 9.84 Å². The van der Waals surface area contributed by atoms with Gasteiger partial charge in [-0.15, -0.1) is 0 Å². The SMILES string of the molecule is CCNC1CCC(C)CC1S(=O)(=O)CC1CCCC1. The Labute approximate surface area is 118 Å². The highest BCUT2D eigenvalue weighted by molar-refractivity contribution is 7.92. The van der Waals surface area contributed by atoms with Crippen LogP contribution in [0, 0.1) is 11.8 Å². The van der Waals surface area contributed by atoms with Crippen LogP contribution < -0.4 is 5.32 Å². The summed E-state index contributed by atoms with van der Waals surface area (Å²) in [5.41, 5.74) is 0. The smallest absolute Gasteiger partial charge is 0.154 e. The minimum atomic E-state index is -2.93. The molecule has 0 bridgehead atoms. The van der Waals surface area contributed by atoms with Crippen molar-refractivity contribution in [2.45, 2.75) is 70.1 Å². The summed E-state index contributed by atoms with van der Waals surface area (Å²) in [5.74, 6) is 1.43. The summed E-state index contributed by atoms with van der Waals surface area (Å²) in [6.45, 7) is 5.13. The summed E-state index contributed by atoms with van der Waals surface area (Å²) in [7, 11) is -2.93. The van der Waals surface area contributed by atoms with Gasteiger partial charge >= 0.3 is 0 Å². The second-order valence-electron chi connectivity index (χ2n) is 6.60. The minimum absolute atomic E-state index is 0.142. The number of hydrogen-bond donors (Lipinski definition) is 1. The molecule has 0 aromatic carbocycles. The van der Waals surface area contributed by atoms with Crippen molar-refractivity contribution >= 4 is 9.84 Å².